The van der Waals surface area contributed by atoms with Crippen molar-refractivity contribution in [2.24, 2.45) is 0 Å². The smallest absolute Gasteiger partial charge is 0.166 e. The van der Waals surface area contributed by atoms with Crippen LogP contribution in [0, 0.1) is 0 Å². The predicted octanol–water partition coefficient (Wildman–Crippen LogP) is 13.3. The molecule has 3 heterocycles. The van der Waals surface area contributed by atoms with Gasteiger partial charge in [-0.15, -0.1) is 0 Å². The third kappa shape index (κ3) is 4.58. The molecule has 0 fully saturated rings. The second-order valence-corrected chi connectivity index (χ2v) is 14.4. The minimum absolute atomic E-state index is 0.565. The molecule has 0 radical (unpaired) electrons. The first-order valence-electron chi connectivity index (χ1n) is 18.9. The van der Waals surface area contributed by atoms with Crippen LogP contribution in [0.15, 0.2) is 186 Å². The van der Waals surface area contributed by atoms with Crippen LogP contribution < -0.4 is 0 Å². The van der Waals surface area contributed by atoms with Crippen LogP contribution in [-0.4, -0.2) is 19.5 Å². The van der Waals surface area contributed by atoms with Crippen molar-refractivity contribution in [3.63, 3.8) is 0 Å². The molecule has 12 aromatic rings. The van der Waals surface area contributed by atoms with E-state index in [9.17, 15) is 0 Å². The summed E-state index contributed by atoms with van der Waals surface area (Å²) >= 11 is 0. The number of nitrogens with zero attached hydrogens (tertiary/aromatic N) is 4. The van der Waals surface area contributed by atoms with Gasteiger partial charge in [-0.25, -0.2) is 15.0 Å². The summed E-state index contributed by atoms with van der Waals surface area (Å²) in [7, 11) is 0. The fourth-order valence-electron chi connectivity index (χ4n) is 8.65. The largest absolute Gasteiger partial charge is 0.454 e. The van der Waals surface area contributed by atoms with E-state index in [0.29, 0.717) is 17.5 Å². The van der Waals surface area contributed by atoms with Gasteiger partial charge in [-0.2, -0.15) is 0 Å². The molecule has 0 unspecified atom stereocenters. The Kier molecular flexibility index (Phi) is 6.56. The van der Waals surface area contributed by atoms with Gasteiger partial charge in [0.1, 0.15) is 11.3 Å². The summed E-state index contributed by atoms with van der Waals surface area (Å²) in [6, 6.07) is 63.8. The van der Waals surface area contributed by atoms with Gasteiger partial charge >= 0.3 is 0 Å². The molecule has 0 amide bonds. The van der Waals surface area contributed by atoms with Crippen molar-refractivity contribution in [2.45, 2.75) is 0 Å². The van der Waals surface area contributed by atoms with Crippen molar-refractivity contribution in [3.05, 3.63) is 182 Å². The molecule has 260 valence electrons. The molecule has 5 heteroatoms. The Hall–Kier alpha value is -7.63. The van der Waals surface area contributed by atoms with Crippen LogP contribution in [0.5, 0.6) is 0 Å². The molecule has 0 saturated heterocycles. The van der Waals surface area contributed by atoms with E-state index in [0.717, 1.165) is 82.3 Å². The fourth-order valence-corrected chi connectivity index (χ4v) is 8.65. The van der Waals surface area contributed by atoms with Crippen molar-refractivity contribution in [2.75, 3.05) is 0 Å². The van der Waals surface area contributed by atoms with E-state index in [-0.39, 0.29) is 0 Å². The molecule has 0 spiro atoms. The number of hydrogen-bond donors (Lipinski definition) is 0. The van der Waals surface area contributed by atoms with Crippen LogP contribution >= 0.6 is 0 Å². The maximum absolute atomic E-state index is 6.91. The lowest BCUT2D eigenvalue weighted by Crippen LogP contribution is -2.04. The van der Waals surface area contributed by atoms with Gasteiger partial charge in [0.2, 0.25) is 0 Å². The Bertz CT molecular complexity index is 3450. The SMILES string of the molecule is c1ccc2cc3c(cc2c1)c1ccccc1n3-c1c(-c2nc(-c3cccc4ccccc34)nc(-c3cccc4ccccc34)n2)ccc2c1oc1ccccc12. The molecule has 3 aromatic heterocycles. The third-order valence-electron chi connectivity index (χ3n) is 11.2. The van der Waals surface area contributed by atoms with Gasteiger partial charge in [0.05, 0.1) is 11.0 Å². The van der Waals surface area contributed by atoms with Gasteiger partial charge in [-0.1, -0.05) is 146 Å². The minimum atomic E-state index is 0.565. The zero-order valence-corrected chi connectivity index (χ0v) is 30.0. The third-order valence-corrected chi connectivity index (χ3v) is 11.2. The van der Waals surface area contributed by atoms with Crippen molar-refractivity contribution < 1.29 is 4.42 Å². The normalized spacial score (nSPS) is 11.9. The van der Waals surface area contributed by atoms with Gasteiger partial charge in [0.25, 0.3) is 0 Å². The highest BCUT2D eigenvalue weighted by Crippen LogP contribution is 2.44. The first-order chi connectivity index (χ1) is 27.8. The molecule has 0 N–H and O–H groups in total. The molecule has 0 atom stereocenters. The molecule has 12 rings (SSSR count). The summed E-state index contributed by atoms with van der Waals surface area (Å²) in [5.41, 5.74) is 7.39. The molecule has 0 bridgehead atoms. The van der Waals surface area contributed by atoms with Crippen LogP contribution in [0.4, 0.5) is 0 Å². The average Bonchev–Trinajstić information content (AvgIpc) is 3.80. The first kappa shape index (κ1) is 30.8. The Morgan fingerprint density at radius 2 is 0.857 bits per heavy atom. The van der Waals surface area contributed by atoms with Crippen LogP contribution in [-0.2, 0) is 0 Å². The Labute approximate surface area is 320 Å². The second kappa shape index (κ2) is 11.9. The topological polar surface area (TPSA) is 56.7 Å². The van der Waals surface area contributed by atoms with Crippen molar-refractivity contribution >= 4 is 76.1 Å². The molecular formula is C51H30N4O. The lowest BCUT2D eigenvalue weighted by atomic mass is 10.0. The summed E-state index contributed by atoms with van der Waals surface area (Å²) in [6.45, 7) is 0. The molecule has 5 nitrogen and oxygen atoms in total. The maximum Gasteiger partial charge on any atom is 0.166 e. The highest BCUT2D eigenvalue weighted by Gasteiger charge is 2.25. The number of furan rings is 1. The van der Waals surface area contributed by atoms with E-state index in [4.69, 9.17) is 19.4 Å². The molecule has 56 heavy (non-hydrogen) atoms. The van der Waals surface area contributed by atoms with E-state index < -0.39 is 0 Å². The predicted molar refractivity (Wildman–Crippen MR) is 230 cm³/mol. The lowest BCUT2D eigenvalue weighted by Gasteiger charge is -2.16. The van der Waals surface area contributed by atoms with E-state index in [2.05, 4.69) is 174 Å². The van der Waals surface area contributed by atoms with Gasteiger partial charge in [-0.3, -0.25) is 0 Å². The van der Waals surface area contributed by atoms with Gasteiger partial charge in [0.15, 0.2) is 23.1 Å². The molecule has 9 aromatic carbocycles. The quantitative estimate of drug-likeness (QED) is 0.182. The van der Waals surface area contributed by atoms with E-state index in [1.165, 1.54) is 16.2 Å². The zero-order valence-electron chi connectivity index (χ0n) is 30.0. The van der Waals surface area contributed by atoms with E-state index in [1.54, 1.807) is 0 Å². The number of benzene rings is 9. The summed E-state index contributed by atoms with van der Waals surface area (Å²) in [5.74, 6) is 1.78. The van der Waals surface area contributed by atoms with Crippen molar-refractivity contribution in [1.82, 2.24) is 19.5 Å². The number of rotatable bonds is 4. The number of para-hydroxylation sites is 2. The summed E-state index contributed by atoms with van der Waals surface area (Å²) in [5, 5.41) is 11.2. The number of fused-ring (bicyclic) bond motifs is 9. The number of hydrogen-bond acceptors (Lipinski definition) is 4. The lowest BCUT2D eigenvalue weighted by molar-refractivity contribution is 0.666. The van der Waals surface area contributed by atoms with Gasteiger partial charge < -0.3 is 8.98 Å². The fraction of sp³-hybridized carbons (Fsp3) is 0. The highest BCUT2D eigenvalue weighted by molar-refractivity contribution is 6.17. The monoisotopic (exact) mass is 714 g/mol. The number of aromatic nitrogens is 4. The Balaban J connectivity index is 1.24. The maximum atomic E-state index is 6.91. The summed E-state index contributed by atoms with van der Waals surface area (Å²) in [6.07, 6.45) is 0. The minimum Gasteiger partial charge on any atom is -0.454 e. The zero-order chi connectivity index (χ0) is 36.7. The van der Waals surface area contributed by atoms with Crippen LogP contribution in [0.1, 0.15) is 0 Å². The van der Waals surface area contributed by atoms with Crippen molar-refractivity contribution in [3.8, 4) is 39.9 Å². The highest BCUT2D eigenvalue weighted by atomic mass is 16.3. The summed E-state index contributed by atoms with van der Waals surface area (Å²) < 4.78 is 9.27. The standard InChI is InChI=1S/C51H30N4O/c1-2-16-34-30-45-43(29-33(34)15-1)37-21-7-9-25-44(37)55(45)47-42(28-27-39-38-22-8-10-26-46(38)56-48(39)47)51-53-49(40-23-11-17-31-13-3-5-19-35(31)40)52-50(54-51)41-24-12-18-32-14-4-6-20-36(32)41/h1-30H. The van der Waals surface area contributed by atoms with Crippen LogP contribution in [0.25, 0.3) is 116 Å². The van der Waals surface area contributed by atoms with Crippen LogP contribution in [0.3, 0.4) is 0 Å². The van der Waals surface area contributed by atoms with E-state index in [1.807, 2.05) is 12.1 Å². The molecule has 0 aliphatic carbocycles. The average molecular weight is 715 g/mol. The van der Waals surface area contributed by atoms with Gasteiger partial charge in [-0.05, 0) is 68.7 Å². The molecule has 0 aliphatic rings. The molecular weight excluding hydrogens is 685 g/mol. The Morgan fingerprint density at radius 3 is 1.54 bits per heavy atom. The van der Waals surface area contributed by atoms with E-state index >= 15 is 0 Å². The molecule has 0 saturated carbocycles. The Morgan fingerprint density at radius 1 is 0.339 bits per heavy atom. The van der Waals surface area contributed by atoms with Gasteiger partial charge in [0, 0.05) is 38.2 Å². The van der Waals surface area contributed by atoms with Crippen LogP contribution in [0.2, 0.25) is 0 Å². The molecule has 0 aliphatic heterocycles. The van der Waals surface area contributed by atoms with Crippen molar-refractivity contribution in [1.29, 1.82) is 0 Å². The first-order valence-corrected chi connectivity index (χ1v) is 18.9. The second-order valence-electron chi connectivity index (χ2n) is 14.4. The summed E-state index contributed by atoms with van der Waals surface area (Å²) in [4.78, 5) is 16.1.